The summed E-state index contributed by atoms with van der Waals surface area (Å²) in [5.74, 6) is -1.11. The Hall–Kier alpha value is -1.44. The molecule has 0 saturated heterocycles. The molecule has 1 aromatic rings. The smallest absolute Gasteiger partial charge is 0.335 e. The quantitative estimate of drug-likeness (QED) is 0.709. The molecule has 1 aliphatic carbocycles. The minimum absolute atomic E-state index is 0.00720. The second-order valence-corrected chi connectivity index (χ2v) is 6.06. The third-order valence-electron chi connectivity index (χ3n) is 2.92. The van der Waals surface area contributed by atoms with E-state index < -0.39 is 21.5 Å². The molecular formula is C11H13NO5S. The van der Waals surface area contributed by atoms with Gasteiger partial charge in [-0.2, -0.15) is 0 Å². The zero-order valence-corrected chi connectivity index (χ0v) is 10.3. The van der Waals surface area contributed by atoms with Gasteiger partial charge in [0.1, 0.15) is 0 Å². The van der Waals surface area contributed by atoms with E-state index in [0.717, 1.165) is 0 Å². The molecular weight excluding hydrogens is 258 g/mol. The Morgan fingerprint density at radius 3 is 2.22 bits per heavy atom. The standard InChI is InChI=1S/C11H13NO5S/c13-7-11(5-6-11)12-18(16,17)9-3-1-8(2-4-9)10(14)15/h1-4,12-13H,5-7H2,(H,14,15). The van der Waals surface area contributed by atoms with Crippen LogP contribution in [0, 0.1) is 0 Å². The molecule has 7 heteroatoms. The van der Waals surface area contributed by atoms with Crippen LogP contribution in [-0.2, 0) is 10.0 Å². The molecule has 1 fully saturated rings. The number of aliphatic hydroxyl groups is 1. The van der Waals surface area contributed by atoms with Gasteiger partial charge in [0.2, 0.25) is 10.0 Å². The molecule has 98 valence electrons. The van der Waals surface area contributed by atoms with Gasteiger partial charge in [0.15, 0.2) is 0 Å². The maximum atomic E-state index is 12.0. The predicted molar refractivity (Wildman–Crippen MR) is 62.8 cm³/mol. The van der Waals surface area contributed by atoms with Crippen molar-refractivity contribution in [1.82, 2.24) is 4.72 Å². The minimum atomic E-state index is -3.71. The van der Waals surface area contributed by atoms with Crippen molar-refractivity contribution >= 4 is 16.0 Å². The predicted octanol–water partition coefficient (Wildman–Crippen LogP) is 0.188. The zero-order valence-electron chi connectivity index (χ0n) is 9.46. The van der Waals surface area contributed by atoms with Gasteiger partial charge in [0.05, 0.1) is 22.6 Å². The molecule has 0 spiro atoms. The fourth-order valence-electron chi connectivity index (χ4n) is 1.56. The van der Waals surface area contributed by atoms with E-state index in [1.54, 1.807) is 0 Å². The summed E-state index contributed by atoms with van der Waals surface area (Å²) < 4.78 is 26.3. The van der Waals surface area contributed by atoms with Crippen molar-refractivity contribution in [1.29, 1.82) is 0 Å². The van der Waals surface area contributed by atoms with Gasteiger partial charge in [0.25, 0.3) is 0 Å². The van der Waals surface area contributed by atoms with Crippen LogP contribution in [0.5, 0.6) is 0 Å². The number of carboxylic acid groups (broad SMARTS) is 1. The molecule has 0 aliphatic heterocycles. The van der Waals surface area contributed by atoms with E-state index in [-0.39, 0.29) is 17.1 Å². The first kappa shape index (κ1) is 13.0. The molecule has 6 nitrogen and oxygen atoms in total. The van der Waals surface area contributed by atoms with Crippen LogP contribution in [-0.4, -0.2) is 36.7 Å². The number of carbonyl (C=O) groups is 1. The number of carboxylic acids is 1. The monoisotopic (exact) mass is 271 g/mol. The van der Waals surface area contributed by atoms with Crippen molar-refractivity contribution in [2.75, 3.05) is 6.61 Å². The van der Waals surface area contributed by atoms with Crippen LogP contribution in [0.15, 0.2) is 29.2 Å². The molecule has 0 aromatic heterocycles. The van der Waals surface area contributed by atoms with Crippen molar-refractivity contribution in [2.24, 2.45) is 0 Å². The summed E-state index contributed by atoms with van der Waals surface area (Å²) in [4.78, 5) is 10.6. The highest BCUT2D eigenvalue weighted by atomic mass is 32.2. The van der Waals surface area contributed by atoms with Crippen molar-refractivity contribution in [3.8, 4) is 0 Å². The van der Waals surface area contributed by atoms with Crippen LogP contribution < -0.4 is 4.72 Å². The Morgan fingerprint density at radius 1 is 1.28 bits per heavy atom. The van der Waals surface area contributed by atoms with Crippen LogP contribution in [0.4, 0.5) is 0 Å². The van der Waals surface area contributed by atoms with Gasteiger partial charge in [-0.3, -0.25) is 0 Å². The van der Waals surface area contributed by atoms with Gasteiger partial charge in [-0.1, -0.05) is 0 Å². The number of aromatic carboxylic acids is 1. The molecule has 3 N–H and O–H groups in total. The number of benzene rings is 1. The lowest BCUT2D eigenvalue weighted by atomic mass is 10.2. The second-order valence-electron chi connectivity index (χ2n) is 4.37. The Kier molecular flexibility index (Phi) is 3.14. The lowest BCUT2D eigenvalue weighted by molar-refractivity contribution is 0.0696. The van der Waals surface area contributed by atoms with Gasteiger partial charge >= 0.3 is 5.97 Å². The number of hydrogen-bond donors (Lipinski definition) is 3. The topological polar surface area (TPSA) is 104 Å². The lowest BCUT2D eigenvalue weighted by Crippen LogP contribution is -2.39. The molecule has 0 radical (unpaired) electrons. The Morgan fingerprint density at radius 2 is 1.83 bits per heavy atom. The molecule has 0 unspecified atom stereocenters. The van der Waals surface area contributed by atoms with E-state index in [9.17, 15) is 13.2 Å². The largest absolute Gasteiger partial charge is 0.478 e. The third-order valence-corrected chi connectivity index (χ3v) is 4.51. The molecule has 0 amide bonds. The first-order valence-electron chi connectivity index (χ1n) is 5.37. The third kappa shape index (κ3) is 2.53. The number of aliphatic hydroxyl groups excluding tert-OH is 1. The van der Waals surface area contributed by atoms with E-state index in [2.05, 4.69) is 4.72 Å². The molecule has 0 bridgehead atoms. The highest BCUT2D eigenvalue weighted by molar-refractivity contribution is 7.89. The Bertz CT molecular complexity index is 560. The van der Waals surface area contributed by atoms with Gasteiger partial charge in [-0.05, 0) is 37.1 Å². The average Bonchev–Trinajstić information content (AvgIpc) is 3.09. The molecule has 18 heavy (non-hydrogen) atoms. The summed E-state index contributed by atoms with van der Waals surface area (Å²) in [5.41, 5.74) is -0.707. The van der Waals surface area contributed by atoms with E-state index >= 15 is 0 Å². The molecule has 0 atom stereocenters. The second kappa shape index (κ2) is 4.34. The summed E-state index contributed by atoms with van der Waals surface area (Å²) in [5, 5.41) is 17.8. The van der Waals surface area contributed by atoms with Crippen LogP contribution in [0.2, 0.25) is 0 Å². The van der Waals surface area contributed by atoms with Crippen molar-refractivity contribution in [2.45, 2.75) is 23.3 Å². The molecule has 1 aromatic carbocycles. The minimum Gasteiger partial charge on any atom is -0.478 e. The fraction of sp³-hybridized carbons (Fsp3) is 0.364. The van der Waals surface area contributed by atoms with Gasteiger partial charge in [0, 0.05) is 0 Å². The number of sulfonamides is 1. The summed E-state index contributed by atoms with van der Waals surface area (Å²) in [6.45, 7) is -0.237. The lowest BCUT2D eigenvalue weighted by Gasteiger charge is -2.14. The van der Waals surface area contributed by atoms with E-state index in [1.165, 1.54) is 24.3 Å². The van der Waals surface area contributed by atoms with Crippen LogP contribution in [0.1, 0.15) is 23.2 Å². The van der Waals surface area contributed by atoms with Gasteiger partial charge in [-0.15, -0.1) is 0 Å². The number of nitrogens with one attached hydrogen (secondary N) is 1. The fourth-order valence-corrected chi connectivity index (χ4v) is 3.01. The van der Waals surface area contributed by atoms with E-state index in [0.29, 0.717) is 12.8 Å². The zero-order chi connectivity index (χ0) is 13.4. The molecule has 1 aliphatic rings. The average molecular weight is 271 g/mol. The molecule has 1 saturated carbocycles. The Labute approximate surface area is 104 Å². The highest BCUT2D eigenvalue weighted by Crippen LogP contribution is 2.36. The Balaban J connectivity index is 2.22. The van der Waals surface area contributed by atoms with Crippen LogP contribution >= 0.6 is 0 Å². The summed E-state index contributed by atoms with van der Waals surface area (Å²) in [6.07, 6.45) is 1.21. The van der Waals surface area contributed by atoms with Gasteiger partial charge < -0.3 is 10.2 Å². The van der Waals surface area contributed by atoms with E-state index in [4.69, 9.17) is 10.2 Å². The van der Waals surface area contributed by atoms with Crippen molar-refractivity contribution in [3.63, 3.8) is 0 Å². The number of rotatable bonds is 5. The van der Waals surface area contributed by atoms with Crippen molar-refractivity contribution < 1.29 is 23.4 Å². The summed E-state index contributed by atoms with van der Waals surface area (Å²) >= 11 is 0. The normalized spacial score (nSPS) is 17.4. The molecule has 2 rings (SSSR count). The maximum absolute atomic E-state index is 12.0. The SMILES string of the molecule is O=C(O)c1ccc(S(=O)(=O)NC2(CO)CC2)cc1. The first-order valence-corrected chi connectivity index (χ1v) is 6.85. The van der Waals surface area contributed by atoms with Gasteiger partial charge in [-0.25, -0.2) is 17.9 Å². The summed E-state index contributed by atoms with van der Waals surface area (Å²) in [6, 6.07) is 4.93. The van der Waals surface area contributed by atoms with E-state index in [1.807, 2.05) is 0 Å². The first-order chi connectivity index (χ1) is 8.38. The molecule has 0 heterocycles. The van der Waals surface area contributed by atoms with Crippen LogP contribution in [0.25, 0.3) is 0 Å². The van der Waals surface area contributed by atoms with Crippen molar-refractivity contribution in [3.05, 3.63) is 29.8 Å². The maximum Gasteiger partial charge on any atom is 0.335 e. The number of hydrogen-bond acceptors (Lipinski definition) is 4. The summed E-state index contributed by atoms with van der Waals surface area (Å²) in [7, 11) is -3.71. The highest BCUT2D eigenvalue weighted by Gasteiger charge is 2.45. The van der Waals surface area contributed by atoms with Crippen LogP contribution in [0.3, 0.4) is 0 Å².